The minimum Gasteiger partial charge on any atom is -1.00 e. The second kappa shape index (κ2) is 10.9. The zero-order chi connectivity index (χ0) is 18.2. The molecule has 0 saturated carbocycles. The maximum atomic E-state index is 5.97. The number of ether oxygens (including phenoxy) is 2. The molecule has 142 valence electrons. The highest BCUT2D eigenvalue weighted by Gasteiger charge is 2.12. The summed E-state index contributed by atoms with van der Waals surface area (Å²) in [6.45, 7) is 1.98. The van der Waals surface area contributed by atoms with E-state index >= 15 is 0 Å². The van der Waals surface area contributed by atoms with Crippen LogP contribution in [0.2, 0.25) is 0 Å². The lowest BCUT2D eigenvalue weighted by molar-refractivity contribution is -0.00000576. The predicted molar refractivity (Wildman–Crippen MR) is 106 cm³/mol. The van der Waals surface area contributed by atoms with Crippen LogP contribution in [0, 0.1) is 0 Å². The zero-order valence-electron chi connectivity index (χ0n) is 15.0. The fraction of sp³-hybridized carbons (Fsp3) is 0.190. The van der Waals surface area contributed by atoms with Gasteiger partial charge in [0, 0.05) is 25.5 Å². The van der Waals surface area contributed by atoms with Gasteiger partial charge in [-0.25, -0.2) is 0 Å². The number of aromatic nitrogens is 1. The lowest BCUT2D eigenvalue weighted by atomic mass is 10.2. The normalized spacial score (nSPS) is 10.1. The molecule has 1 heterocycles. The Kier molecular flexibility index (Phi) is 8.58. The average Bonchev–Trinajstić information content (AvgIpc) is 2.68. The third-order valence-electron chi connectivity index (χ3n) is 3.90. The topological polar surface area (TPSA) is 43.4 Å². The number of pyridine rings is 1. The molecule has 0 aliphatic carbocycles. The summed E-state index contributed by atoms with van der Waals surface area (Å²) < 4.78 is 12.4. The first-order chi connectivity index (χ1) is 12.8. The van der Waals surface area contributed by atoms with E-state index in [0.29, 0.717) is 18.1 Å². The summed E-state index contributed by atoms with van der Waals surface area (Å²) in [7, 11) is 1.66. The van der Waals surface area contributed by atoms with Crippen molar-refractivity contribution in [3.8, 4) is 11.5 Å². The van der Waals surface area contributed by atoms with E-state index in [1.807, 2.05) is 48.7 Å². The fourth-order valence-corrected chi connectivity index (χ4v) is 3.20. The average molecular weight is 449 g/mol. The molecule has 1 aromatic heterocycles. The van der Waals surface area contributed by atoms with Crippen molar-refractivity contribution < 1.29 is 21.9 Å². The van der Waals surface area contributed by atoms with E-state index in [0.717, 1.165) is 34.3 Å². The number of benzene rings is 2. The number of hydrogen-bond donors (Lipinski definition) is 1. The van der Waals surface area contributed by atoms with Gasteiger partial charge in [0.1, 0.15) is 6.61 Å². The van der Waals surface area contributed by atoms with Crippen molar-refractivity contribution in [1.29, 1.82) is 0 Å². The van der Waals surface area contributed by atoms with Gasteiger partial charge in [0.05, 0.1) is 11.6 Å². The van der Waals surface area contributed by atoms with E-state index in [1.54, 1.807) is 13.3 Å². The summed E-state index contributed by atoms with van der Waals surface area (Å²) in [6.07, 6.45) is 3.64. The third kappa shape index (κ3) is 6.24. The minimum absolute atomic E-state index is 0. The van der Waals surface area contributed by atoms with Gasteiger partial charge >= 0.3 is 0 Å². The second-order valence-electron chi connectivity index (χ2n) is 5.85. The first-order valence-electron chi connectivity index (χ1n) is 8.39. The first kappa shape index (κ1) is 21.2. The molecule has 6 heteroatoms. The summed E-state index contributed by atoms with van der Waals surface area (Å²) in [4.78, 5) is 4.12. The van der Waals surface area contributed by atoms with E-state index in [1.165, 1.54) is 0 Å². The SMILES string of the molecule is COc1cc(CNCc2cccnc2)cc(Br)c1OCc1ccccc1.[Cl-]. The summed E-state index contributed by atoms with van der Waals surface area (Å²) in [6, 6.07) is 18.1. The second-order valence-corrected chi connectivity index (χ2v) is 6.70. The molecule has 0 amide bonds. The molecule has 4 nitrogen and oxygen atoms in total. The van der Waals surface area contributed by atoms with Gasteiger partial charge in [-0.05, 0) is 50.8 Å². The Morgan fingerprint density at radius 3 is 2.41 bits per heavy atom. The van der Waals surface area contributed by atoms with Gasteiger partial charge in [-0.2, -0.15) is 0 Å². The molecule has 2 aromatic carbocycles. The standard InChI is InChI=1S/C21H21BrN2O2.ClH/c1-25-20-11-18(14-24-13-17-8-5-9-23-12-17)10-19(22)21(20)26-15-16-6-3-2-4-7-16;/h2-12,24H,13-15H2,1H3;1H/p-1. The number of nitrogens with zero attached hydrogens (tertiary/aromatic N) is 1. The van der Waals surface area contributed by atoms with Crippen molar-refractivity contribution in [2.75, 3.05) is 7.11 Å². The molecule has 0 atom stereocenters. The first-order valence-corrected chi connectivity index (χ1v) is 9.18. The van der Waals surface area contributed by atoms with E-state index in [4.69, 9.17) is 9.47 Å². The quantitative estimate of drug-likeness (QED) is 0.570. The Balaban J connectivity index is 0.00000261. The van der Waals surface area contributed by atoms with Crippen LogP contribution >= 0.6 is 15.9 Å². The van der Waals surface area contributed by atoms with Crippen molar-refractivity contribution in [3.05, 3.63) is 88.2 Å². The molecule has 0 aliphatic rings. The molecule has 0 fully saturated rings. The van der Waals surface area contributed by atoms with Gasteiger partial charge in [-0.1, -0.05) is 36.4 Å². The van der Waals surface area contributed by atoms with E-state index < -0.39 is 0 Å². The van der Waals surface area contributed by atoms with Crippen LogP contribution in [-0.4, -0.2) is 12.1 Å². The summed E-state index contributed by atoms with van der Waals surface area (Å²) >= 11 is 3.61. The highest BCUT2D eigenvalue weighted by molar-refractivity contribution is 9.10. The zero-order valence-corrected chi connectivity index (χ0v) is 17.3. The fourth-order valence-electron chi connectivity index (χ4n) is 2.60. The molecule has 27 heavy (non-hydrogen) atoms. The van der Waals surface area contributed by atoms with Crippen molar-refractivity contribution in [2.45, 2.75) is 19.7 Å². The monoisotopic (exact) mass is 447 g/mol. The number of rotatable bonds is 8. The van der Waals surface area contributed by atoms with Gasteiger partial charge in [-0.15, -0.1) is 0 Å². The number of halogens is 2. The van der Waals surface area contributed by atoms with Crippen LogP contribution in [0.3, 0.4) is 0 Å². The molecular formula is C21H21BrClN2O2-. The minimum atomic E-state index is 0. The van der Waals surface area contributed by atoms with Crippen LogP contribution in [0.1, 0.15) is 16.7 Å². The Morgan fingerprint density at radius 2 is 1.70 bits per heavy atom. The molecule has 0 unspecified atom stereocenters. The molecule has 3 rings (SSSR count). The predicted octanol–water partition coefficient (Wildman–Crippen LogP) is 1.73. The van der Waals surface area contributed by atoms with E-state index in [2.05, 4.69) is 38.4 Å². The lowest BCUT2D eigenvalue weighted by Crippen LogP contribution is -3.00. The molecule has 0 saturated heterocycles. The van der Waals surface area contributed by atoms with Crippen molar-refractivity contribution in [2.24, 2.45) is 0 Å². The summed E-state index contributed by atoms with van der Waals surface area (Å²) in [5.74, 6) is 1.43. The Labute approximate surface area is 174 Å². The highest BCUT2D eigenvalue weighted by atomic mass is 79.9. The van der Waals surface area contributed by atoms with Crippen LogP contribution in [0.15, 0.2) is 71.5 Å². The van der Waals surface area contributed by atoms with Crippen LogP contribution in [-0.2, 0) is 19.7 Å². The maximum absolute atomic E-state index is 5.97. The molecular weight excluding hydrogens is 428 g/mol. The Morgan fingerprint density at radius 1 is 0.963 bits per heavy atom. The van der Waals surface area contributed by atoms with E-state index in [9.17, 15) is 0 Å². The van der Waals surface area contributed by atoms with Gasteiger partial charge in [0.25, 0.3) is 0 Å². The third-order valence-corrected chi connectivity index (χ3v) is 4.49. The van der Waals surface area contributed by atoms with Crippen molar-refractivity contribution in [1.82, 2.24) is 10.3 Å². The van der Waals surface area contributed by atoms with Crippen molar-refractivity contribution in [3.63, 3.8) is 0 Å². The van der Waals surface area contributed by atoms with Crippen LogP contribution in [0.5, 0.6) is 11.5 Å². The van der Waals surface area contributed by atoms with Crippen LogP contribution in [0.25, 0.3) is 0 Å². The van der Waals surface area contributed by atoms with Gasteiger partial charge < -0.3 is 27.2 Å². The number of methoxy groups -OCH3 is 1. The summed E-state index contributed by atoms with van der Waals surface area (Å²) in [5.41, 5.74) is 3.38. The van der Waals surface area contributed by atoms with Crippen molar-refractivity contribution >= 4 is 15.9 Å². The largest absolute Gasteiger partial charge is 1.00 e. The molecule has 0 radical (unpaired) electrons. The molecule has 1 N–H and O–H groups in total. The van der Waals surface area contributed by atoms with Gasteiger partial charge in [0.2, 0.25) is 0 Å². The van der Waals surface area contributed by atoms with Crippen LogP contribution < -0.4 is 27.2 Å². The van der Waals surface area contributed by atoms with Crippen LogP contribution in [0.4, 0.5) is 0 Å². The summed E-state index contributed by atoms with van der Waals surface area (Å²) in [5, 5.41) is 3.42. The molecule has 0 bridgehead atoms. The molecule has 0 aliphatic heterocycles. The molecule has 3 aromatic rings. The molecule has 0 spiro atoms. The maximum Gasteiger partial charge on any atom is 0.175 e. The van der Waals surface area contributed by atoms with E-state index in [-0.39, 0.29) is 12.4 Å². The van der Waals surface area contributed by atoms with Gasteiger partial charge in [0.15, 0.2) is 11.5 Å². The number of hydrogen-bond acceptors (Lipinski definition) is 4. The Hall–Kier alpha value is -2.08. The smallest absolute Gasteiger partial charge is 0.175 e. The Bertz CT molecular complexity index is 832. The highest BCUT2D eigenvalue weighted by Crippen LogP contribution is 2.37. The van der Waals surface area contributed by atoms with Gasteiger partial charge in [-0.3, -0.25) is 4.98 Å². The lowest BCUT2D eigenvalue weighted by Gasteiger charge is -2.15. The number of nitrogens with one attached hydrogen (secondary N) is 1.